The SMILES string of the molecule is CCCCCCC1(N(C=O)CC)CC1. The van der Waals surface area contributed by atoms with E-state index < -0.39 is 0 Å². The van der Waals surface area contributed by atoms with Gasteiger partial charge in [-0.2, -0.15) is 0 Å². The van der Waals surface area contributed by atoms with Crippen molar-refractivity contribution in [3.8, 4) is 0 Å². The number of hydrogen-bond acceptors (Lipinski definition) is 1. The molecule has 0 spiro atoms. The van der Waals surface area contributed by atoms with Crippen LogP contribution >= 0.6 is 0 Å². The van der Waals surface area contributed by atoms with Crippen LogP contribution in [0.2, 0.25) is 0 Å². The first-order valence-corrected chi connectivity index (χ1v) is 6.01. The van der Waals surface area contributed by atoms with Crippen LogP contribution in [0.4, 0.5) is 0 Å². The Morgan fingerprint density at radius 1 is 1.21 bits per heavy atom. The number of carbonyl (C=O) groups is 1. The zero-order valence-corrected chi connectivity index (χ0v) is 9.59. The van der Waals surface area contributed by atoms with E-state index in [4.69, 9.17) is 0 Å². The molecular formula is C12H23NO. The summed E-state index contributed by atoms with van der Waals surface area (Å²) in [5.74, 6) is 0. The van der Waals surface area contributed by atoms with Crippen LogP contribution in [0.3, 0.4) is 0 Å². The Hall–Kier alpha value is -0.530. The molecule has 14 heavy (non-hydrogen) atoms. The molecule has 0 heterocycles. The maximum atomic E-state index is 10.8. The molecule has 1 fully saturated rings. The topological polar surface area (TPSA) is 20.3 Å². The van der Waals surface area contributed by atoms with Gasteiger partial charge >= 0.3 is 0 Å². The fourth-order valence-corrected chi connectivity index (χ4v) is 2.23. The fraction of sp³-hybridized carbons (Fsp3) is 0.917. The first kappa shape index (κ1) is 11.5. The summed E-state index contributed by atoms with van der Waals surface area (Å²) in [7, 11) is 0. The second-order valence-electron chi connectivity index (χ2n) is 4.43. The van der Waals surface area contributed by atoms with Gasteiger partial charge in [0.15, 0.2) is 0 Å². The zero-order valence-electron chi connectivity index (χ0n) is 9.59. The normalized spacial score (nSPS) is 17.9. The van der Waals surface area contributed by atoms with E-state index in [1.165, 1.54) is 44.9 Å². The molecular weight excluding hydrogens is 174 g/mol. The van der Waals surface area contributed by atoms with Gasteiger partial charge in [-0.25, -0.2) is 0 Å². The smallest absolute Gasteiger partial charge is 0.210 e. The molecule has 0 unspecified atom stereocenters. The predicted molar refractivity (Wildman–Crippen MR) is 59.2 cm³/mol. The van der Waals surface area contributed by atoms with Crippen LogP contribution in [0.1, 0.15) is 58.8 Å². The Morgan fingerprint density at radius 2 is 1.93 bits per heavy atom. The molecule has 0 aromatic heterocycles. The van der Waals surface area contributed by atoms with Crippen molar-refractivity contribution in [3.63, 3.8) is 0 Å². The highest BCUT2D eigenvalue weighted by atomic mass is 16.1. The van der Waals surface area contributed by atoms with Gasteiger partial charge in [0.2, 0.25) is 6.41 Å². The van der Waals surface area contributed by atoms with Crippen molar-refractivity contribution >= 4 is 6.41 Å². The maximum absolute atomic E-state index is 10.8. The highest BCUT2D eigenvalue weighted by Gasteiger charge is 2.46. The molecule has 0 bridgehead atoms. The van der Waals surface area contributed by atoms with Gasteiger partial charge in [0.05, 0.1) is 0 Å². The largest absolute Gasteiger partial charge is 0.340 e. The molecule has 1 aliphatic rings. The average molecular weight is 197 g/mol. The van der Waals surface area contributed by atoms with E-state index in [9.17, 15) is 4.79 Å². The van der Waals surface area contributed by atoms with Crippen molar-refractivity contribution in [2.24, 2.45) is 0 Å². The average Bonchev–Trinajstić information content (AvgIpc) is 2.96. The molecule has 1 saturated carbocycles. The van der Waals surface area contributed by atoms with E-state index >= 15 is 0 Å². The number of carbonyl (C=O) groups excluding carboxylic acids is 1. The van der Waals surface area contributed by atoms with Crippen LogP contribution in [0, 0.1) is 0 Å². The van der Waals surface area contributed by atoms with Gasteiger partial charge in [0, 0.05) is 12.1 Å². The Kier molecular flexibility index (Phi) is 4.43. The van der Waals surface area contributed by atoms with Crippen LogP contribution in [0.25, 0.3) is 0 Å². The lowest BCUT2D eigenvalue weighted by Crippen LogP contribution is -2.35. The molecule has 0 aromatic carbocycles. The molecule has 0 atom stereocenters. The maximum Gasteiger partial charge on any atom is 0.210 e. The van der Waals surface area contributed by atoms with Crippen LogP contribution in [0.5, 0.6) is 0 Å². The number of rotatable bonds is 8. The summed E-state index contributed by atoms with van der Waals surface area (Å²) in [6.07, 6.45) is 9.96. The first-order chi connectivity index (χ1) is 6.79. The molecule has 1 aliphatic carbocycles. The molecule has 0 aromatic rings. The van der Waals surface area contributed by atoms with Gasteiger partial charge < -0.3 is 4.90 Å². The fourth-order valence-electron chi connectivity index (χ4n) is 2.23. The lowest BCUT2D eigenvalue weighted by molar-refractivity contribution is -0.120. The van der Waals surface area contributed by atoms with Crippen molar-refractivity contribution in [2.75, 3.05) is 6.54 Å². The van der Waals surface area contributed by atoms with Crippen molar-refractivity contribution in [1.29, 1.82) is 0 Å². The van der Waals surface area contributed by atoms with Crippen LogP contribution < -0.4 is 0 Å². The summed E-state index contributed by atoms with van der Waals surface area (Å²) >= 11 is 0. The molecule has 0 N–H and O–H groups in total. The number of hydrogen-bond donors (Lipinski definition) is 0. The van der Waals surface area contributed by atoms with E-state index in [2.05, 4.69) is 13.8 Å². The van der Waals surface area contributed by atoms with Gasteiger partial charge in [0.1, 0.15) is 0 Å². The van der Waals surface area contributed by atoms with Gasteiger partial charge in [-0.1, -0.05) is 32.6 Å². The Balaban J connectivity index is 2.24. The minimum atomic E-state index is 0.282. The number of nitrogens with zero attached hydrogens (tertiary/aromatic N) is 1. The third kappa shape index (κ3) is 2.73. The van der Waals surface area contributed by atoms with Crippen molar-refractivity contribution in [2.45, 2.75) is 64.3 Å². The van der Waals surface area contributed by atoms with E-state index in [0.717, 1.165) is 13.0 Å². The number of amides is 1. The van der Waals surface area contributed by atoms with Crippen molar-refractivity contribution < 1.29 is 4.79 Å². The second kappa shape index (κ2) is 5.38. The molecule has 1 amide bonds. The Bertz CT molecular complexity index is 175. The Labute approximate surface area is 87.7 Å². The molecule has 82 valence electrons. The zero-order chi connectivity index (χ0) is 10.4. The van der Waals surface area contributed by atoms with Crippen molar-refractivity contribution in [1.82, 2.24) is 4.90 Å². The number of unbranched alkanes of at least 4 members (excludes halogenated alkanes) is 3. The van der Waals surface area contributed by atoms with Gasteiger partial charge in [-0.15, -0.1) is 0 Å². The summed E-state index contributed by atoms with van der Waals surface area (Å²) in [4.78, 5) is 12.8. The summed E-state index contributed by atoms with van der Waals surface area (Å²) in [5.41, 5.74) is 0.282. The standard InChI is InChI=1S/C12H23NO/c1-3-5-6-7-8-12(9-10-12)13(4-2)11-14/h11H,3-10H2,1-2H3. The molecule has 0 saturated heterocycles. The Morgan fingerprint density at radius 3 is 2.36 bits per heavy atom. The second-order valence-corrected chi connectivity index (χ2v) is 4.43. The minimum absolute atomic E-state index is 0.282. The molecule has 2 nitrogen and oxygen atoms in total. The van der Waals surface area contributed by atoms with Gasteiger partial charge in [-0.05, 0) is 26.2 Å². The highest BCUT2D eigenvalue weighted by Crippen LogP contribution is 2.45. The third-order valence-electron chi connectivity index (χ3n) is 3.40. The van der Waals surface area contributed by atoms with Crippen molar-refractivity contribution in [3.05, 3.63) is 0 Å². The summed E-state index contributed by atoms with van der Waals surface area (Å²) in [6.45, 7) is 5.18. The summed E-state index contributed by atoms with van der Waals surface area (Å²) in [6, 6.07) is 0. The van der Waals surface area contributed by atoms with Crippen LogP contribution in [-0.4, -0.2) is 23.4 Å². The summed E-state index contributed by atoms with van der Waals surface area (Å²) < 4.78 is 0. The predicted octanol–water partition coefficient (Wildman–Crippen LogP) is 2.97. The lowest BCUT2D eigenvalue weighted by Gasteiger charge is -2.27. The van der Waals surface area contributed by atoms with Gasteiger partial charge in [-0.3, -0.25) is 4.79 Å². The highest BCUT2D eigenvalue weighted by molar-refractivity contribution is 5.50. The van der Waals surface area contributed by atoms with E-state index in [1.54, 1.807) is 0 Å². The molecule has 2 heteroatoms. The van der Waals surface area contributed by atoms with E-state index in [0.29, 0.717) is 0 Å². The molecule has 0 radical (unpaired) electrons. The van der Waals surface area contributed by atoms with E-state index in [-0.39, 0.29) is 5.54 Å². The van der Waals surface area contributed by atoms with Crippen LogP contribution in [-0.2, 0) is 4.79 Å². The molecule has 0 aliphatic heterocycles. The monoisotopic (exact) mass is 197 g/mol. The lowest BCUT2D eigenvalue weighted by atomic mass is 10.0. The first-order valence-electron chi connectivity index (χ1n) is 6.01. The molecule has 1 rings (SSSR count). The third-order valence-corrected chi connectivity index (χ3v) is 3.40. The van der Waals surface area contributed by atoms with Gasteiger partial charge in [0.25, 0.3) is 0 Å². The minimum Gasteiger partial charge on any atom is -0.340 e. The summed E-state index contributed by atoms with van der Waals surface area (Å²) in [5, 5.41) is 0. The van der Waals surface area contributed by atoms with Crippen LogP contribution in [0.15, 0.2) is 0 Å². The quantitative estimate of drug-likeness (QED) is 0.433. The van der Waals surface area contributed by atoms with E-state index in [1.807, 2.05) is 4.90 Å².